The van der Waals surface area contributed by atoms with Crippen LogP contribution >= 0.6 is 11.8 Å². The van der Waals surface area contributed by atoms with Gasteiger partial charge in [-0.3, -0.25) is 9.78 Å². The highest BCUT2D eigenvalue weighted by Crippen LogP contribution is 2.33. The van der Waals surface area contributed by atoms with Crippen molar-refractivity contribution in [3.63, 3.8) is 0 Å². The molecule has 0 bridgehead atoms. The highest BCUT2D eigenvalue weighted by Gasteiger charge is 2.34. The quantitative estimate of drug-likeness (QED) is 0.403. The van der Waals surface area contributed by atoms with Crippen molar-refractivity contribution in [1.82, 2.24) is 20.0 Å². The Morgan fingerprint density at radius 2 is 1.81 bits per heavy atom. The summed E-state index contributed by atoms with van der Waals surface area (Å²) in [7, 11) is 0. The maximum Gasteiger partial charge on any atom is 0.418 e. The molecule has 0 saturated carbocycles. The van der Waals surface area contributed by atoms with E-state index < -0.39 is 17.6 Å². The van der Waals surface area contributed by atoms with Gasteiger partial charge in [-0.2, -0.15) is 13.2 Å². The molecule has 0 fully saturated rings. The van der Waals surface area contributed by atoms with Crippen LogP contribution in [0.2, 0.25) is 0 Å². The fraction of sp³-hybridized carbons (Fsp3) is 0.0909. The zero-order valence-electron chi connectivity index (χ0n) is 16.5. The van der Waals surface area contributed by atoms with Crippen molar-refractivity contribution < 1.29 is 18.0 Å². The van der Waals surface area contributed by atoms with Crippen molar-refractivity contribution in [2.24, 2.45) is 0 Å². The highest BCUT2D eigenvalue weighted by atomic mass is 32.2. The third-order valence-corrected chi connectivity index (χ3v) is 5.51. The van der Waals surface area contributed by atoms with Crippen LogP contribution in [0.3, 0.4) is 0 Å². The van der Waals surface area contributed by atoms with Gasteiger partial charge in [-0.05, 0) is 48.0 Å². The Balaban J connectivity index is 1.42. The number of carbonyl (C=O) groups is 1. The number of carbonyl (C=O) groups excluding carboxylic acids is 1. The summed E-state index contributed by atoms with van der Waals surface area (Å²) in [5.74, 6) is 0.193. The van der Waals surface area contributed by atoms with Crippen LogP contribution in [0.5, 0.6) is 0 Å². The molecule has 0 unspecified atom stereocenters. The van der Waals surface area contributed by atoms with Crippen LogP contribution in [0.4, 0.5) is 18.9 Å². The summed E-state index contributed by atoms with van der Waals surface area (Å²) < 4.78 is 40.6. The first kappa shape index (κ1) is 21.6. The molecule has 6 nitrogen and oxygen atoms in total. The topological polar surface area (TPSA) is 72.7 Å². The summed E-state index contributed by atoms with van der Waals surface area (Å²) in [6.07, 6.45) is 0.140. The van der Waals surface area contributed by atoms with Gasteiger partial charge in [0.15, 0.2) is 5.69 Å². The lowest BCUT2D eigenvalue weighted by Crippen LogP contribution is -2.12. The van der Waals surface area contributed by atoms with E-state index in [4.69, 9.17) is 0 Å². The Morgan fingerprint density at radius 3 is 2.53 bits per heavy atom. The highest BCUT2D eigenvalue weighted by molar-refractivity contribution is 7.98. The number of nitrogens with zero attached hydrogens (tertiary/aromatic N) is 4. The third-order valence-electron chi connectivity index (χ3n) is 4.42. The number of amides is 1. The van der Waals surface area contributed by atoms with Crippen molar-refractivity contribution in [2.45, 2.75) is 16.8 Å². The summed E-state index contributed by atoms with van der Waals surface area (Å²) in [6, 6.07) is 16.1. The molecule has 0 radical (unpaired) electrons. The molecule has 4 aromatic rings. The molecule has 0 atom stereocenters. The molecule has 2 heterocycles. The number of halogens is 3. The number of rotatable bonds is 6. The molecular weight excluding hydrogens is 439 g/mol. The predicted octanol–water partition coefficient (Wildman–Crippen LogP) is 5.23. The number of pyridine rings is 1. The van der Waals surface area contributed by atoms with Crippen LogP contribution in [0.1, 0.15) is 21.6 Å². The van der Waals surface area contributed by atoms with E-state index in [0.717, 1.165) is 33.2 Å². The summed E-state index contributed by atoms with van der Waals surface area (Å²) in [6.45, 7) is 0. The lowest BCUT2D eigenvalue weighted by molar-refractivity contribution is -0.137. The minimum atomic E-state index is -4.55. The van der Waals surface area contributed by atoms with Crippen LogP contribution in [0.25, 0.3) is 5.69 Å². The van der Waals surface area contributed by atoms with Crippen molar-refractivity contribution in [3.05, 3.63) is 96.1 Å². The van der Waals surface area contributed by atoms with Crippen LogP contribution < -0.4 is 5.32 Å². The number of benzene rings is 2. The summed E-state index contributed by atoms with van der Waals surface area (Å²) in [5.41, 5.74) is 0.464. The van der Waals surface area contributed by atoms with E-state index in [1.54, 1.807) is 30.1 Å². The summed E-state index contributed by atoms with van der Waals surface area (Å²) >= 11 is 1.63. The Morgan fingerprint density at radius 1 is 1.03 bits per heavy atom. The largest absolute Gasteiger partial charge is 0.418 e. The molecular formula is C22H16F3N5OS. The van der Waals surface area contributed by atoms with E-state index in [1.807, 2.05) is 30.5 Å². The van der Waals surface area contributed by atoms with Crippen LogP contribution in [-0.2, 0) is 11.9 Å². The van der Waals surface area contributed by atoms with Crippen LogP contribution in [-0.4, -0.2) is 25.9 Å². The van der Waals surface area contributed by atoms with E-state index in [1.165, 1.54) is 18.2 Å². The Hall–Kier alpha value is -3.66. The van der Waals surface area contributed by atoms with Gasteiger partial charge >= 0.3 is 6.18 Å². The van der Waals surface area contributed by atoms with E-state index >= 15 is 0 Å². The molecule has 0 spiro atoms. The molecule has 162 valence electrons. The summed E-state index contributed by atoms with van der Waals surface area (Å²) in [5, 5.41) is 10.1. The number of hydrogen-bond acceptors (Lipinski definition) is 5. The Kier molecular flexibility index (Phi) is 6.22. The molecule has 1 N–H and O–H groups in total. The number of para-hydroxylation sites is 1. The van der Waals surface area contributed by atoms with Gasteiger partial charge in [0.1, 0.15) is 0 Å². The minimum absolute atomic E-state index is 0.1000. The Labute approximate surface area is 185 Å². The maximum atomic E-state index is 13.2. The number of aromatic nitrogens is 4. The molecule has 0 aliphatic heterocycles. The number of anilines is 1. The number of alkyl halides is 3. The van der Waals surface area contributed by atoms with Crippen molar-refractivity contribution in [2.75, 3.05) is 5.32 Å². The van der Waals surface area contributed by atoms with Gasteiger partial charge in [0.05, 0.1) is 17.4 Å². The average Bonchev–Trinajstić information content (AvgIpc) is 3.29. The molecule has 10 heteroatoms. The molecule has 32 heavy (non-hydrogen) atoms. The fourth-order valence-corrected chi connectivity index (χ4v) is 3.71. The van der Waals surface area contributed by atoms with Crippen molar-refractivity contribution >= 4 is 23.4 Å². The van der Waals surface area contributed by atoms with E-state index in [9.17, 15) is 18.0 Å². The predicted molar refractivity (Wildman–Crippen MR) is 115 cm³/mol. The van der Waals surface area contributed by atoms with Crippen molar-refractivity contribution in [1.29, 1.82) is 0 Å². The second-order valence-electron chi connectivity index (χ2n) is 6.69. The first-order chi connectivity index (χ1) is 15.4. The standard InChI is InChI=1S/C22H16F3N5OS/c23-22(24,25)18-5-1-2-6-20(18)30-13-19(28-29-30)21(31)27-16-7-9-17(10-8-16)32-14-15-4-3-11-26-12-15/h1-13H,14H2,(H,27,31). The van der Waals surface area contributed by atoms with Gasteiger partial charge in [-0.15, -0.1) is 16.9 Å². The lowest BCUT2D eigenvalue weighted by Gasteiger charge is -2.11. The zero-order valence-corrected chi connectivity index (χ0v) is 17.3. The SMILES string of the molecule is O=C(Nc1ccc(SCc2cccnc2)cc1)c1cn(-c2ccccc2C(F)(F)F)nn1. The van der Waals surface area contributed by atoms with Crippen LogP contribution in [0, 0.1) is 0 Å². The second-order valence-corrected chi connectivity index (χ2v) is 7.74. The third kappa shape index (κ3) is 5.14. The Bertz CT molecular complexity index is 1210. The lowest BCUT2D eigenvalue weighted by atomic mass is 10.1. The summed E-state index contributed by atoms with van der Waals surface area (Å²) in [4.78, 5) is 17.6. The normalized spacial score (nSPS) is 11.3. The van der Waals surface area contributed by atoms with Gasteiger partial charge < -0.3 is 5.32 Å². The van der Waals surface area contributed by atoms with Gasteiger partial charge in [-0.1, -0.05) is 23.4 Å². The number of nitrogens with one attached hydrogen (secondary N) is 1. The second kappa shape index (κ2) is 9.23. The van der Waals surface area contributed by atoms with Gasteiger partial charge in [0.2, 0.25) is 0 Å². The maximum absolute atomic E-state index is 13.2. The number of hydrogen-bond donors (Lipinski definition) is 1. The molecule has 4 rings (SSSR count). The van der Waals surface area contributed by atoms with Gasteiger partial charge in [-0.25, -0.2) is 4.68 Å². The first-order valence-corrected chi connectivity index (χ1v) is 10.4. The van der Waals surface area contributed by atoms with Gasteiger partial charge in [0.25, 0.3) is 5.91 Å². The van der Waals surface area contributed by atoms with Gasteiger partial charge in [0, 0.05) is 28.7 Å². The molecule has 0 aliphatic carbocycles. The molecule has 2 aromatic heterocycles. The monoisotopic (exact) mass is 455 g/mol. The van der Waals surface area contributed by atoms with E-state index in [0.29, 0.717) is 5.69 Å². The van der Waals surface area contributed by atoms with Crippen molar-refractivity contribution in [3.8, 4) is 5.69 Å². The first-order valence-electron chi connectivity index (χ1n) is 9.42. The minimum Gasteiger partial charge on any atom is -0.321 e. The molecule has 1 amide bonds. The number of thioether (sulfide) groups is 1. The smallest absolute Gasteiger partial charge is 0.321 e. The molecule has 0 saturated heterocycles. The zero-order chi connectivity index (χ0) is 22.6. The average molecular weight is 455 g/mol. The molecule has 2 aromatic carbocycles. The molecule has 0 aliphatic rings. The van der Waals surface area contributed by atoms with E-state index in [2.05, 4.69) is 20.6 Å². The fourth-order valence-electron chi connectivity index (χ4n) is 2.88. The van der Waals surface area contributed by atoms with E-state index in [-0.39, 0.29) is 11.4 Å². The van der Waals surface area contributed by atoms with Crippen LogP contribution in [0.15, 0.2) is 84.1 Å².